The van der Waals surface area contributed by atoms with Crippen molar-refractivity contribution in [2.75, 3.05) is 5.32 Å². The van der Waals surface area contributed by atoms with Crippen molar-refractivity contribution >= 4 is 39.5 Å². The van der Waals surface area contributed by atoms with E-state index >= 15 is 0 Å². The lowest BCUT2D eigenvalue weighted by atomic mass is 10.0. The molecule has 134 valence electrons. The normalized spacial score (nSPS) is 11.7. The molecular weight excluding hydrogens is 334 g/mol. The largest absolute Gasteiger partial charge is 0.353 e. The van der Waals surface area contributed by atoms with Crippen molar-refractivity contribution in [1.29, 1.82) is 0 Å². The molecule has 4 aromatic rings. The van der Waals surface area contributed by atoms with Crippen LogP contribution in [0.1, 0.15) is 31.0 Å². The van der Waals surface area contributed by atoms with Gasteiger partial charge in [-0.1, -0.05) is 50.2 Å². The summed E-state index contributed by atoms with van der Waals surface area (Å²) in [5.41, 5.74) is 4.79. The van der Waals surface area contributed by atoms with Crippen LogP contribution in [0.5, 0.6) is 0 Å². The van der Waals surface area contributed by atoms with Crippen molar-refractivity contribution in [2.24, 2.45) is 0 Å². The Kier molecular flexibility index (Phi) is 4.47. The summed E-state index contributed by atoms with van der Waals surface area (Å²) < 4.78 is 0. The molecular formula is C23H21N3O. The van der Waals surface area contributed by atoms with E-state index in [9.17, 15) is 4.79 Å². The first kappa shape index (κ1) is 17.0. The molecule has 0 aliphatic rings. The van der Waals surface area contributed by atoms with Gasteiger partial charge in [-0.25, -0.2) is 0 Å². The van der Waals surface area contributed by atoms with Crippen LogP contribution in [-0.2, 0) is 4.79 Å². The molecule has 0 spiro atoms. The van der Waals surface area contributed by atoms with E-state index in [2.05, 4.69) is 35.2 Å². The lowest BCUT2D eigenvalue weighted by molar-refractivity contribution is -0.111. The Hall–Kier alpha value is -3.40. The molecule has 2 aromatic carbocycles. The highest BCUT2D eigenvalue weighted by atomic mass is 16.1. The number of aromatic nitrogens is 2. The number of carbonyl (C=O) groups is 1. The van der Waals surface area contributed by atoms with Crippen LogP contribution >= 0.6 is 0 Å². The lowest BCUT2D eigenvalue weighted by Gasteiger charge is -2.12. The van der Waals surface area contributed by atoms with Gasteiger partial charge in [0.1, 0.15) is 0 Å². The van der Waals surface area contributed by atoms with Crippen LogP contribution in [0, 0.1) is 0 Å². The van der Waals surface area contributed by atoms with Gasteiger partial charge < -0.3 is 10.3 Å². The summed E-state index contributed by atoms with van der Waals surface area (Å²) in [6.07, 6.45) is 5.08. The Bertz CT molecular complexity index is 1150. The highest BCUT2D eigenvalue weighted by molar-refractivity contribution is 6.07. The standard InChI is InChI=1S/C23H21N3O/c1-15(2)17-7-3-5-9-20(17)26-23(27)12-11-16-13-19-18-8-4-6-10-21(18)25-22(19)14-24-16/h3-15,25H,1-2H3,(H,26,27)/b12-11+. The Morgan fingerprint density at radius 3 is 2.67 bits per heavy atom. The van der Waals surface area contributed by atoms with Crippen molar-refractivity contribution in [3.63, 3.8) is 0 Å². The molecule has 0 saturated heterocycles. The first-order chi connectivity index (χ1) is 13.1. The van der Waals surface area contributed by atoms with Gasteiger partial charge in [0.15, 0.2) is 0 Å². The Morgan fingerprint density at radius 2 is 1.81 bits per heavy atom. The maximum absolute atomic E-state index is 12.4. The average molecular weight is 355 g/mol. The van der Waals surface area contributed by atoms with Crippen LogP contribution in [0.4, 0.5) is 5.69 Å². The minimum absolute atomic E-state index is 0.163. The zero-order valence-corrected chi connectivity index (χ0v) is 15.4. The van der Waals surface area contributed by atoms with E-state index in [-0.39, 0.29) is 5.91 Å². The molecule has 0 atom stereocenters. The molecule has 4 nitrogen and oxygen atoms in total. The van der Waals surface area contributed by atoms with E-state index in [1.165, 1.54) is 6.08 Å². The van der Waals surface area contributed by atoms with Gasteiger partial charge in [-0.05, 0) is 35.8 Å². The number of para-hydroxylation sites is 2. The fourth-order valence-corrected chi connectivity index (χ4v) is 3.31. The third-order valence-corrected chi connectivity index (χ3v) is 4.66. The monoisotopic (exact) mass is 355 g/mol. The predicted octanol–water partition coefficient (Wildman–Crippen LogP) is 5.49. The number of fused-ring (bicyclic) bond motifs is 3. The van der Waals surface area contributed by atoms with Gasteiger partial charge in [0.2, 0.25) is 5.91 Å². The van der Waals surface area contributed by atoms with E-state index in [0.29, 0.717) is 5.92 Å². The van der Waals surface area contributed by atoms with Crippen molar-refractivity contribution in [3.05, 3.63) is 78.1 Å². The fourth-order valence-electron chi connectivity index (χ4n) is 3.31. The number of nitrogens with zero attached hydrogens (tertiary/aromatic N) is 1. The van der Waals surface area contributed by atoms with Crippen LogP contribution in [0.25, 0.3) is 27.9 Å². The van der Waals surface area contributed by atoms with E-state index < -0.39 is 0 Å². The van der Waals surface area contributed by atoms with E-state index in [1.807, 2.05) is 48.5 Å². The lowest BCUT2D eigenvalue weighted by Crippen LogP contribution is -2.10. The van der Waals surface area contributed by atoms with Gasteiger partial charge >= 0.3 is 0 Å². The number of H-pyrrole nitrogens is 1. The van der Waals surface area contributed by atoms with Crippen LogP contribution in [-0.4, -0.2) is 15.9 Å². The maximum atomic E-state index is 12.4. The van der Waals surface area contributed by atoms with Crippen molar-refractivity contribution in [3.8, 4) is 0 Å². The number of benzene rings is 2. The molecule has 2 aromatic heterocycles. The SMILES string of the molecule is CC(C)c1ccccc1NC(=O)/C=C/c1cc2c(cn1)[nH]c1ccccc12. The Labute approximate surface area is 157 Å². The quantitative estimate of drug-likeness (QED) is 0.475. The summed E-state index contributed by atoms with van der Waals surface area (Å²) in [6.45, 7) is 4.22. The smallest absolute Gasteiger partial charge is 0.248 e. The summed E-state index contributed by atoms with van der Waals surface area (Å²) in [6, 6.07) is 18.0. The molecule has 0 unspecified atom stereocenters. The van der Waals surface area contributed by atoms with Crippen molar-refractivity contribution in [1.82, 2.24) is 9.97 Å². The summed E-state index contributed by atoms with van der Waals surface area (Å²) in [4.78, 5) is 20.1. The summed E-state index contributed by atoms with van der Waals surface area (Å²) >= 11 is 0. The third kappa shape index (κ3) is 3.47. The van der Waals surface area contributed by atoms with Gasteiger partial charge in [-0.3, -0.25) is 9.78 Å². The van der Waals surface area contributed by atoms with Gasteiger partial charge in [-0.2, -0.15) is 0 Å². The maximum Gasteiger partial charge on any atom is 0.248 e. The first-order valence-electron chi connectivity index (χ1n) is 9.06. The van der Waals surface area contributed by atoms with Gasteiger partial charge in [0.05, 0.1) is 17.4 Å². The zero-order valence-electron chi connectivity index (χ0n) is 15.4. The second kappa shape index (κ2) is 7.08. The Balaban J connectivity index is 1.57. The van der Waals surface area contributed by atoms with Gasteiger partial charge in [-0.15, -0.1) is 0 Å². The molecule has 2 heterocycles. The number of nitrogens with one attached hydrogen (secondary N) is 2. The molecule has 0 aliphatic carbocycles. The molecule has 27 heavy (non-hydrogen) atoms. The van der Waals surface area contributed by atoms with Gasteiger partial charge in [0.25, 0.3) is 0 Å². The molecule has 4 heteroatoms. The summed E-state index contributed by atoms with van der Waals surface area (Å²) in [5, 5.41) is 5.22. The van der Waals surface area contributed by atoms with Crippen LogP contribution in [0.2, 0.25) is 0 Å². The first-order valence-corrected chi connectivity index (χ1v) is 9.06. The molecule has 4 rings (SSSR count). The van der Waals surface area contributed by atoms with Crippen molar-refractivity contribution < 1.29 is 4.79 Å². The van der Waals surface area contributed by atoms with Crippen LogP contribution in [0.15, 0.2) is 66.9 Å². The average Bonchev–Trinajstić information content (AvgIpc) is 3.04. The topological polar surface area (TPSA) is 57.8 Å². The minimum Gasteiger partial charge on any atom is -0.353 e. The predicted molar refractivity (Wildman–Crippen MR) is 112 cm³/mol. The molecule has 0 bridgehead atoms. The van der Waals surface area contributed by atoms with E-state index in [0.717, 1.165) is 38.8 Å². The molecule has 0 aliphatic heterocycles. The number of carbonyl (C=O) groups excluding carboxylic acids is 1. The molecule has 0 saturated carbocycles. The fraction of sp³-hybridized carbons (Fsp3) is 0.130. The molecule has 0 fully saturated rings. The highest BCUT2D eigenvalue weighted by Crippen LogP contribution is 2.26. The molecule has 2 N–H and O–H groups in total. The Morgan fingerprint density at radius 1 is 1.04 bits per heavy atom. The minimum atomic E-state index is -0.163. The second-order valence-electron chi connectivity index (χ2n) is 6.89. The van der Waals surface area contributed by atoms with Crippen LogP contribution < -0.4 is 5.32 Å². The number of hydrogen-bond donors (Lipinski definition) is 2. The van der Waals surface area contributed by atoms with Crippen LogP contribution in [0.3, 0.4) is 0 Å². The number of pyridine rings is 1. The van der Waals surface area contributed by atoms with Crippen molar-refractivity contribution in [2.45, 2.75) is 19.8 Å². The summed E-state index contributed by atoms with van der Waals surface area (Å²) in [5.74, 6) is 0.181. The third-order valence-electron chi connectivity index (χ3n) is 4.66. The van der Waals surface area contributed by atoms with E-state index in [4.69, 9.17) is 0 Å². The number of rotatable bonds is 4. The number of amides is 1. The second-order valence-corrected chi connectivity index (χ2v) is 6.89. The van der Waals surface area contributed by atoms with E-state index in [1.54, 1.807) is 12.3 Å². The number of hydrogen-bond acceptors (Lipinski definition) is 2. The highest BCUT2D eigenvalue weighted by Gasteiger charge is 2.08. The zero-order chi connectivity index (χ0) is 18.8. The molecule has 1 amide bonds. The van der Waals surface area contributed by atoms with Gasteiger partial charge in [0, 0.05) is 28.1 Å². The number of anilines is 1. The summed E-state index contributed by atoms with van der Waals surface area (Å²) in [7, 11) is 0. The molecule has 0 radical (unpaired) electrons. The number of aromatic amines is 1.